The van der Waals surface area contributed by atoms with Gasteiger partial charge in [0.1, 0.15) is 6.10 Å². The summed E-state index contributed by atoms with van der Waals surface area (Å²) < 4.78 is 16.3. The van der Waals surface area contributed by atoms with Crippen molar-refractivity contribution < 1.29 is 19.0 Å². The van der Waals surface area contributed by atoms with Crippen LogP contribution in [0.5, 0.6) is 11.5 Å². The molecule has 9 nitrogen and oxygen atoms in total. The number of rotatable bonds is 11. The molecule has 0 bridgehead atoms. The van der Waals surface area contributed by atoms with Gasteiger partial charge in [0.25, 0.3) is 0 Å². The predicted molar refractivity (Wildman–Crippen MR) is 122 cm³/mol. The van der Waals surface area contributed by atoms with Crippen molar-refractivity contribution in [1.82, 2.24) is 20.4 Å². The number of hydrogen-bond donors (Lipinski definition) is 2. The molecule has 1 atom stereocenters. The normalized spacial score (nSPS) is 16.0. The summed E-state index contributed by atoms with van der Waals surface area (Å²) in [5.41, 5.74) is 0. The fraction of sp³-hybridized carbons (Fsp3) is 0.636. The summed E-state index contributed by atoms with van der Waals surface area (Å²) in [6.07, 6.45) is -0.0953. The second-order valence-corrected chi connectivity index (χ2v) is 7.38. The van der Waals surface area contributed by atoms with Gasteiger partial charge in [0.2, 0.25) is 5.91 Å². The number of methoxy groups -OCH3 is 2. The van der Waals surface area contributed by atoms with Crippen LogP contribution in [0.2, 0.25) is 0 Å². The first-order valence-corrected chi connectivity index (χ1v) is 10.9. The molecule has 1 aromatic rings. The number of nitrogens with one attached hydrogen (secondary N) is 2. The maximum absolute atomic E-state index is 12.0. The van der Waals surface area contributed by atoms with Crippen LogP contribution in [-0.2, 0) is 9.53 Å². The first-order valence-electron chi connectivity index (χ1n) is 10.9. The first kappa shape index (κ1) is 24.7. The van der Waals surface area contributed by atoms with Crippen molar-refractivity contribution in [2.24, 2.45) is 4.99 Å². The highest BCUT2D eigenvalue weighted by molar-refractivity contribution is 5.80. The molecular formula is C22H37N5O4. The Kier molecular flexibility index (Phi) is 10.9. The average Bonchev–Trinajstić information content (AvgIpc) is 2.78. The summed E-state index contributed by atoms with van der Waals surface area (Å²) in [5, 5.41) is 6.24. The second kappa shape index (κ2) is 13.7. The molecule has 0 spiro atoms. The third-order valence-electron chi connectivity index (χ3n) is 4.90. The maximum Gasteiger partial charge on any atom is 0.234 e. The zero-order chi connectivity index (χ0) is 22.5. The summed E-state index contributed by atoms with van der Waals surface area (Å²) >= 11 is 0. The topological polar surface area (TPSA) is 87.7 Å². The molecule has 1 aromatic carbocycles. The summed E-state index contributed by atoms with van der Waals surface area (Å²) in [6.45, 7) is 10.1. The number of guanidine groups is 1. The van der Waals surface area contributed by atoms with Crippen LogP contribution in [0.3, 0.4) is 0 Å². The van der Waals surface area contributed by atoms with Crippen molar-refractivity contribution in [3.05, 3.63) is 24.3 Å². The molecule has 2 rings (SSSR count). The molecule has 0 aliphatic carbocycles. The van der Waals surface area contributed by atoms with Gasteiger partial charge < -0.3 is 29.7 Å². The first-order chi connectivity index (χ1) is 15.1. The monoisotopic (exact) mass is 435 g/mol. The summed E-state index contributed by atoms with van der Waals surface area (Å²) in [4.78, 5) is 21.2. The summed E-state index contributed by atoms with van der Waals surface area (Å²) in [5.74, 6) is 2.35. The van der Waals surface area contributed by atoms with Crippen LogP contribution in [-0.4, -0.2) is 101 Å². The van der Waals surface area contributed by atoms with E-state index in [0.717, 1.165) is 44.4 Å². The highest BCUT2D eigenvalue weighted by Gasteiger charge is 2.21. The standard InChI is InChI=1S/C22H37N5O4/c1-5-23-22(25-16-18(2)31-20-9-7-6-8-19(20)30-4)27-13-11-26(12-14-27)17-21(28)24-10-15-29-3/h6-9,18H,5,10-17H2,1-4H3,(H,23,25)(H,24,28). The van der Waals surface area contributed by atoms with Crippen molar-refractivity contribution >= 4 is 11.9 Å². The Morgan fingerprint density at radius 1 is 1.13 bits per heavy atom. The van der Waals surface area contributed by atoms with Gasteiger partial charge in [-0.15, -0.1) is 0 Å². The number of carbonyl (C=O) groups excluding carboxylic acids is 1. The Labute approximate surface area is 185 Å². The van der Waals surface area contributed by atoms with Gasteiger partial charge in [0.05, 0.1) is 26.8 Å². The van der Waals surface area contributed by atoms with E-state index in [1.54, 1.807) is 14.2 Å². The van der Waals surface area contributed by atoms with Crippen LogP contribution in [0.4, 0.5) is 0 Å². The third kappa shape index (κ3) is 8.63. The van der Waals surface area contributed by atoms with E-state index in [1.807, 2.05) is 31.2 Å². The molecule has 1 saturated heterocycles. The molecule has 0 saturated carbocycles. The Morgan fingerprint density at radius 3 is 2.48 bits per heavy atom. The highest BCUT2D eigenvalue weighted by Crippen LogP contribution is 2.26. The van der Waals surface area contributed by atoms with Crippen molar-refractivity contribution in [3.63, 3.8) is 0 Å². The van der Waals surface area contributed by atoms with Crippen molar-refractivity contribution in [2.75, 3.05) is 73.2 Å². The number of hydrogen-bond acceptors (Lipinski definition) is 6. The van der Waals surface area contributed by atoms with E-state index in [4.69, 9.17) is 19.2 Å². The fourth-order valence-electron chi connectivity index (χ4n) is 3.28. The van der Waals surface area contributed by atoms with Gasteiger partial charge in [-0.05, 0) is 26.0 Å². The van der Waals surface area contributed by atoms with Gasteiger partial charge in [0.15, 0.2) is 17.5 Å². The quantitative estimate of drug-likeness (QED) is 0.302. The van der Waals surface area contributed by atoms with Gasteiger partial charge in [-0.1, -0.05) is 12.1 Å². The number of amides is 1. The van der Waals surface area contributed by atoms with Crippen LogP contribution >= 0.6 is 0 Å². The number of piperazine rings is 1. The Hall–Kier alpha value is -2.52. The van der Waals surface area contributed by atoms with E-state index in [2.05, 4.69) is 27.4 Å². The van der Waals surface area contributed by atoms with E-state index >= 15 is 0 Å². The number of para-hydroxylation sites is 2. The van der Waals surface area contributed by atoms with E-state index < -0.39 is 0 Å². The number of nitrogens with zero attached hydrogens (tertiary/aromatic N) is 3. The third-order valence-corrected chi connectivity index (χ3v) is 4.90. The van der Waals surface area contributed by atoms with Crippen LogP contribution in [0.25, 0.3) is 0 Å². The van der Waals surface area contributed by atoms with Crippen molar-refractivity contribution in [2.45, 2.75) is 20.0 Å². The van der Waals surface area contributed by atoms with Gasteiger partial charge in [-0.25, -0.2) is 4.99 Å². The minimum Gasteiger partial charge on any atom is -0.493 e. The largest absolute Gasteiger partial charge is 0.493 e. The van der Waals surface area contributed by atoms with Gasteiger partial charge in [0, 0.05) is 46.4 Å². The Morgan fingerprint density at radius 2 is 1.84 bits per heavy atom. The highest BCUT2D eigenvalue weighted by atomic mass is 16.5. The van der Waals surface area contributed by atoms with Gasteiger partial charge in [-0.2, -0.15) is 0 Å². The fourth-order valence-corrected chi connectivity index (χ4v) is 3.28. The Bertz CT molecular complexity index is 692. The molecule has 1 fully saturated rings. The van der Waals surface area contributed by atoms with E-state index in [-0.39, 0.29) is 12.0 Å². The SMILES string of the molecule is CCNC(=NCC(C)Oc1ccccc1OC)N1CCN(CC(=O)NCCOC)CC1. The van der Waals surface area contributed by atoms with Crippen molar-refractivity contribution in [1.29, 1.82) is 0 Å². The molecule has 1 aliphatic heterocycles. The summed E-state index contributed by atoms with van der Waals surface area (Å²) in [7, 11) is 3.26. The average molecular weight is 436 g/mol. The minimum atomic E-state index is -0.0953. The van der Waals surface area contributed by atoms with Crippen LogP contribution in [0.15, 0.2) is 29.3 Å². The summed E-state index contributed by atoms with van der Waals surface area (Å²) in [6, 6.07) is 7.62. The lowest BCUT2D eigenvalue weighted by molar-refractivity contribution is -0.122. The molecule has 1 aliphatic rings. The smallest absolute Gasteiger partial charge is 0.234 e. The lowest BCUT2D eigenvalue weighted by atomic mass is 10.3. The number of carbonyl (C=O) groups is 1. The molecule has 1 heterocycles. The molecule has 1 amide bonds. The zero-order valence-corrected chi connectivity index (χ0v) is 19.2. The second-order valence-electron chi connectivity index (χ2n) is 7.38. The minimum absolute atomic E-state index is 0.0355. The molecule has 174 valence electrons. The number of benzene rings is 1. The maximum atomic E-state index is 12.0. The lowest BCUT2D eigenvalue weighted by Crippen LogP contribution is -2.54. The molecular weight excluding hydrogens is 398 g/mol. The van der Waals surface area contributed by atoms with Crippen molar-refractivity contribution in [3.8, 4) is 11.5 Å². The van der Waals surface area contributed by atoms with Crippen LogP contribution < -0.4 is 20.1 Å². The van der Waals surface area contributed by atoms with Gasteiger partial charge >= 0.3 is 0 Å². The Balaban J connectivity index is 1.83. The molecule has 9 heteroatoms. The molecule has 1 unspecified atom stereocenters. The molecule has 2 N–H and O–H groups in total. The van der Waals surface area contributed by atoms with Gasteiger partial charge in [-0.3, -0.25) is 9.69 Å². The molecule has 0 radical (unpaired) electrons. The number of aliphatic imine (C=N–C) groups is 1. The van der Waals surface area contributed by atoms with Crippen LogP contribution in [0, 0.1) is 0 Å². The lowest BCUT2D eigenvalue weighted by Gasteiger charge is -2.36. The predicted octanol–water partition coefficient (Wildman–Crippen LogP) is 0.808. The van der Waals surface area contributed by atoms with E-state index in [9.17, 15) is 4.79 Å². The molecule has 0 aromatic heterocycles. The number of ether oxygens (including phenoxy) is 3. The molecule has 31 heavy (non-hydrogen) atoms. The van der Waals surface area contributed by atoms with Crippen LogP contribution in [0.1, 0.15) is 13.8 Å². The van der Waals surface area contributed by atoms with E-state index in [0.29, 0.717) is 32.0 Å². The van der Waals surface area contributed by atoms with E-state index in [1.165, 1.54) is 0 Å². The zero-order valence-electron chi connectivity index (χ0n) is 19.2.